The summed E-state index contributed by atoms with van der Waals surface area (Å²) in [5.74, 6) is 1.84. The maximum atomic E-state index is 12.5. The van der Waals surface area contributed by atoms with Gasteiger partial charge in [-0.15, -0.1) is 0 Å². The first-order valence-corrected chi connectivity index (χ1v) is 8.46. The molecule has 2 aromatic rings. The van der Waals surface area contributed by atoms with Gasteiger partial charge in [0.05, 0.1) is 6.26 Å². The van der Waals surface area contributed by atoms with E-state index < -0.39 is 0 Å². The van der Waals surface area contributed by atoms with Crippen LogP contribution in [-0.2, 0) is 11.2 Å². The molecule has 8 heteroatoms. The second-order valence-corrected chi connectivity index (χ2v) is 6.75. The van der Waals surface area contributed by atoms with Gasteiger partial charge in [0.1, 0.15) is 0 Å². The molecule has 136 valence electrons. The smallest absolute Gasteiger partial charge is 0.238 e. The molecule has 0 spiro atoms. The summed E-state index contributed by atoms with van der Waals surface area (Å²) in [7, 11) is 4.01. The number of aliphatic hydroxyl groups is 1. The van der Waals surface area contributed by atoms with Crippen molar-refractivity contribution in [3.63, 3.8) is 0 Å². The molecule has 3 heterocycles. The van der Waals surface area contributed by atoms with Crippen molar-refractivity contribution < 1.29 is 18.8 Å². The third-order valence-electron chi connectivity index (χ3n) is 4.53. The Kier molecular flexibility index (Phi) is 5.50. The summed E-state index contributed by atoms with van der Waals surface area (Å²) in [6, 6.07) is 3.51. The lowest BCUT2D eigenvalue weighted by Crippen LogP contribution is -2.31. The first kappa shape index (κ1) is 17.6. The molecule has 8 nitrogen and oxygen atoms in total. The highest BCUT2D eigenvalue weighted by Crippen LogP contribution is 2.24. The maximum Gasteiger partial charge on any atom is 0.238 e. The molecule has 1 N–H and O–H groups in total. The summed E-state index contributed by atoms with van der Waals surface area (Å²) in [5, 5.41) is 13.4. The topological polar surface area (TPSA) is 95.8 Å². The predicted octanol–water partition coefficient (Wildman–Crippen LogP) is 0.891. The Balaban J connectivity index is 1.53. The van der Waals surface area contributed by atoms with Gasteiger partial charge in [-0.1, -0.05) is 5.16 Å². The minimum absolute atomic E-state index is 0.0532. The van der Waals surface area contributed by atoms with Crippen molar-refractivity contribution in [1.82, 2.24) is 19.9 Å². The number of aliphatic hydroxyl groups excluding tert-OH is 1. The van der Waals surface area contributed by atoms with E-state index in [2.05, 4.69) is 15.0 Å². The van der Waals surface area contributed by atoms with Crippen LogP contribution < -0.4 is 0 Å². The molecule has 1 aliphatic heterocycles. The molecular weight excluding hydrogens is 324 g/mol. The van der Waals surface area contributed by atoms with Crippen molar-refractivity contribution in [3.05, 3.63) is 24.3 Å². The minimum Gasteiger partial charge on any atom is -0.461 e. The van der Waals surface area contributed by atoms with Crippen LogP contribution in [0.5, 0.6) is 0 Å². The number of likely N-dealkylation sites (tertiary alicyclic amines) is 1. The molecule has 0 bridgehead atoms. The summed E-state index contributed by atoms with van der Waals surface area (Å²) in [6.07, 6.45) is 2.25. The fraction of sp³-hybridized carbons (Fsp3) is 0.588. The van der Waals surface area contributed by atoms with Crippen LogP contribution in [0.4, 0.5) is 0 Å². The number of aromatic nitrogens is 2. The van der Waals surface area contributed by atoms with E-state index in [0.717, 1.165) is 6.54 Å². The van der Waals surface area contributed by atoms with Gasteiger partial charge in [0.15, 0.2) is 5.76 Å². The highest BCUT2D eigenvalue weighted by atomic mass is 16.5. The highest BCUT2D eigenvalue weighted by molar-refractivity contribution is 5.76. The Bertz CT molecular complexity index is 683. The van der Waals surface area contributed by atoms with Gasteiger partial charge >= 0.3 is 0 Å². The van der Waals surface area contributed by atoms with E-state index in [9.17, 15) is 9.90 Å². The molecule has 1 saturated heterocycles. The zero-order chi connectivity index (χ0) is 17.8. The Labute approximate surface area is 146 Å². The number of rotatable bonds is 7. The fourth-order valence-electron chi connectivity index (χ4n) is 3.26. The third-order valence-corrected chi connectivity index (χ3v) is 4.53. The normalized spacial score (nSPS) is 20.6. The quantitative estimate of drug-likeness (QED) is 0.794. The van der Waals surface area contributed by atoms with Gasteiger partial charge in [0.25, 0.3) is 0 Å². The largest absolute Gasteiger partial charge is 0.461 e. The number of hydrogen-bond acceptors (Lipinski definition) is 7. The van der Waals surface area contributed by atoms with Gasteiger partial charge in [-0.3, -0.25) is 4.79 Å². The van der Waals surface area contributed by atoms with Gasteiger partial charge in [-0.25, -0.2) is 0 Å². The molecule has 1 aliphatic rings. The van der Waals surface area contributed by atoms with Crippen LogP contribution in [0.2, 0.25) is 0 Å². The SMILES string of the molecule is CN(C)C[C@@H]1CN(C(=O)CCc2nc(-c3ccco3)no2)C[C@@H]1CO. The molecule has 0 saturated carbocycles. The molecule has 0 aliphatic carbocycles. The first-order valence-electron chi connectivity index (χ1n) is 8.46. The van der Waals surface area contributed by atoms with Gasteiger partial charge in [-0.2, -0.15) is 4.98 Å². The lowest BCUT2D eigenvalue weighted by atomic mass is 9.97. The number of aryl methyl sites for hydroxylation is 1. The molecule has 0 radical (unpaired) electrons. The summed E-state index contributed by atoms with van der Waals surface area (Å²) in [4.78, 5) is 20.6. The number of furan rings is 1. The van der Waals surface area contributed by atoms with Crippen LogP contribution in [0.25, 0.3) is 11.6 Å². The van der Waals surface area contributed by atoms with E-state index >= 15 is 0 Å². The van der Waals surface area contributed by atoms with Crippen LogP contribution >= 0.6 is 0 Å². The summed E-state index contributed by atoms with van der Waals surface area (Å²) < 4.78 is 10.4. The molecule has 1 amide bonds. The van der Waals surface area contributed by atoms with Crippen LogP contribution in [0, 0.1) is 11.8 Å². The van der Waals surface area contributed by atoms with E-state index in [-0.39, 0.29) is 18.4 Å². The van der Waals surface area contributed by atoms with Gasteiger partial charge in [0.2, 0.25) is 17.6 Å². The summed E-state index contributed by atoms with van der Waals surface area (Å²) in [6.45, 7) is 2.27. The monoisotopic (exact) mass is 348 g/mol. The standard InChI is InChI=1S/C17H24N4O4/c1-20(2)8-12-9-21(10-13(12)11-22)16(23)6-5-15-18-17(19-25-15)14-4-3-7-24-14/h3-4,7,12-13,22H,5-6,8-11H2,1-2H3/t12-,13-/m1/s1. The highest BCUT2D eigenvalue weighted by Gasteiger charge is 2.34. The van der Waals surface area contributed by atoms with Crippen LogP contribution in [0.15, 0.2) is 27.3 Å². The van der Waals surface area contributed by atoms with Crippen molar-refractivity contribution in [1.29, 1.82) is 0 Å². The molecule has 25 heavy (non-hydrogen) atoms. The minimum atomic E-state index is 0.0532. The fourth-order valence-corrected chi connectivity index (χ4v) is 3.26. The first-order chi connectivity index (χ1) is 12.1. The second kappa shape index (κ2) is 7.79. The van der Waals surface area contributed by atoms with Crippen molar-refractivity contribution in [2.24, 2.45) is 11.8 Å². The predicted molar refractivity (Wildman–Crippen MR) is 89.5 cm³/mol. The number of amides is 1. The van der Waals surface area contributed by atoms with Gasteiger partial charge < -0.3 is 23.8 Å². The van der Waals surface area contributed by atoms with E-state index in [1.54, 1.807) is 18.4 Å². The molecule has 1 fully saturated rings. The molecular formula is C17H24N4O4. The van der Waals surface area contributed by atoms with Crippen molar-refractivity contribution >= 4 is 5.91 Å². The molecule has 2 atom stereocenters. The number of carbonyl (C=O) groups excluding carboxylic acids is 1. The molecule has 0 unspecified atom stereocenters. The zero-order valence-electron chi connectivity index (χ0n) is 14.6. The Hall–Kier alpha value is -2.19. The molecule has 2 aromatic heterocycles. The van der Waals surface area contributed by atoms with E-state index in [4.69, 9.17) is 8.94 Å². The van der Waals surface area contributed by atoms with Crippen LogP contribution in [0.1, 0.15) is 12.3 Å². The third kappa shape index (κ3) is 4.26. The van der Waals surface area contributed by atoms with Gasteiger partial charge in [-0.05, 0) is 32.1 Å². The van der Waals surface area contributed by atoms with Gasteiger partial charge in [0, 0.05) is 45.0 Å². The van der Waals surface area contributed by atoms with Crippen molar-refractivity contribution in [3.8, 4) is 11.6 Å². The van der Waals surface area contributed by atoms with E-state index in [1.807, 2.05) is 19.0 Å². The Morgan fingerprint density at radius 2 is 2.20 bits per heavy atom. The maximum absolute atomic E-state index is 12.5. The lowest BCUT2D eigenvalue weighted by Gasteiger charge is -2.20. The average Bonchev–Trinajstić information content (AvgIpc) is 3.31. The summed E-state index contributed by atoms with van der Waals surface area (Å²) >= 11 is 0. The van der Waals surface area contributed by atoms with Crippen LogP contribution in [0.3, 0.4) is 0 Å². The number of nitrogens with zero attached hydrogens (tertiary/aromatic N) is 4. The van der Waals surface area contributed by atoms with E-state index in [1.165, 1.54) is 0 Å². The zero-order valence-corrected chi connectivity index (χ0v) is 14.6. The van der Waals surface area contributed by atoms with E-state index in [0.29, 0.717) is 49.3 Å². The Morgan fingerprint density at radius 1 is 1.40 bits per heavy atom. The summed E-state index contributed by atoms with van der Waals surface area (Å²) in [5.41, 5.74) is 0. The molecule has 0 aromatic carbocycles. The Morgan fingerprint density at radius 3 is 2.88 bits per heavy atom. The van der Waals surface area contributed by atoms with Crippen molar-refractivity contribution in [2.75, 3.05) is 40.3 Å². The average molecular weight is 348 g/mol. The number of carbonyl (C=O) groups is 1. The van der Waals surface area contributed by atoms with Crippen molar-refractivity contribution in [2.45, 2.75) is 12.8 Å². The van der Waals surface area contributed by atoms with Crippen LogP contribution in [-0.4, -0.2) is 71.3 Å². The number of hydrogen-bond donors (Lipinski definition) is 1. The molecule has 3 rings (SSSR count). The second-order valence-electron chi connectivity index (χ2n) is 6.75. The lowest BCUT2D eigenvalue weighted by molar-refractivity contribution is -0.130.